The predicted molar refractivity (Wildman–Crippen MR) is 109 cm³/mol. The lowest BCUT2D eigenvalue weighted by Crippen LogP contribution is -2.25. The molecule has 7 nitrogen and oxygen atoms in total. The van der Waals surface area contributed by atoms with Gasteiger partial charge < -0.3 is 10.1 Å². The number of nitrogens with zero attached hydrogens (tertiary/aromatic N) is 2. The van der Waals surface area contributed by atoms with Gasteiger partial charge in [-0.3, -0.25) is 14.3 Å². The number of thiophene rings is 1. The third-order valence-corrected chi connectivity index (χ3v) is 4.82. The van der Waals surface area contributed by atoms with E-state index in [9.17, 15) is 14.4 Å². The standard InChI is InChI=1S/C20H19N3O4S/c1-14-19(20(26)23(22(14)2)16-6-4-3-5-7-16)21-17(24)12-27-18(25)9-8-15-10-11-28-13-15/h3-11,13H,12H2,1-2H3,(H,21,24)/b9-8+. The zero-order valence-corrected chi connectivity index (χ0v) is 16.2. The van der Waals surface area contributed by atoms with Crippen molar-refractivity contribution in [3.63, 3.8) is 0 Å². The fourth-order valence-electron chi connectivity index (χ4n) is 2.61. The van der Waals surface area contributed by atoms with Crippen LogP contribution in [0.1, 0.15) is 11.3 Å². The van der Waals surface area contributed by atoms with E-state index in [0.29, 0.717) is 11.4 Å². The molecule has 0 spiro atoms. The van der Waals surface area contributed by atoms with Gasteiger partial charge in [0.1, 0.15) is 5.69 Å². The van der Waals surface area contributed by atoms with Crippen molar-refractivity contribution in [1.29, 1.82) is 0 Å². The first-order valence-electron chi connectivity index (χ1n) is 8.48. The summed E-state index contributed by atoms with van der Waals surface area (Å²) in [7, 11) is 1.73. The van der Waals surface area contributed by atoms with E-state index in [1.165, 1.54) is 22.1 Å². The van der Waals surface area contributed by atoms with Crippen LogP contribution in [0.3, 0.4) is 0 Å². The summed E-state index contributed by atoms with van der Waals surface area (Å²) in [6.07, 6.45) is 2.86. The van der Waals surface area contributed by atoms with Crippen molar-refractivity contribution in [2.45, 2.75) is 6.92 Å². The summed E-state index contributed by atoms with van der Waals surface area (Å²) >= 11 is 1.51. The molecule has 0 aliphatic heterocycles. The number of carbonyl (C=O) groups excluding carboxylic acids is 2. The monoisotopic (exact) mass is 397 g/mol. The van der Waals surface area contributed by atoms with Gasteiger partial charge in [-0.2, -0.15) is 11.3 Å². The molecule has 3 rings (SSSR count). The molecule has 3 aromatic rings. The molecule has 2 aromatic heterocycles. The maximum Gasteiger partial charge on any atom is 0.331 e. The maximum absolute atomic E-state index is 12.7. The van der Waals surface area contributed by atoms with Gasteiger partial charge in [-0.1, -0.05) is 18.2 Å². The first-order valence-corrected chi connectivity index (χ1v) is 9.42. The van der Waals surface area contributed by atoms with Gasteiger partial charge in [0.2, 0.25) is 0 Å². The minimum atomic E-state index is -0.632. The zero-order valence-electron chi connectivity index (χ0n) is 15.4. The lowest BCUT2D eigenvalue weighted by atomic mass is 10.3. The van der Waals surface area contributed by atoms with Crippen LogP contribution in [0.4, 0.5) is 5.69 Å². The fraction of sp³-hybridized carbons (Fsp3) is 0.150. The molecule has 0 radical (unpaired) electrons. The van der Waals surface area contributed by atoms with Crippen molar-refractivity contribution in [2.24, 2.45) is 7.05 Å². The average Bonchev–Trinajstić information content (AvgIpc) is 3.29. The van der Waals surface area contributed by atoms with E-state index in [4.69, 9.17) is 4.74 Å². The van der Waals surface area contributed by atoms with E-state index in [1.54, 1.807) is 36.9 Å². The first-order chi connectivity index (χ1) is 13.5. The number of aromatic nitrogens is 2. The third kappa shape index (κ3) is 4.29. The number of ether oxygens (including phenoxy) is 1. The van der Waals surface area contributed by atoms with Crippen LogP contribution in [-0.4, -0.2) is 27.8 Å². The van der Waals surface area contributed by atoms with Crippen LogP contribution < -0.4 is 10.9 Å². The second-order valence-electron chi connectivity index (χ2n) is 5.98. The molecule has 8 heteroatoms. The topological polar surface area (TPSA) is 82.3 Å². The zero-order chi connectivity index (χ0) is 20.1. The Labute approximate surface area is 165 Å². The number of hydrogen-bond acceptors (Lipinski definition) is 5. The van der Waals surface area contributed by atoms with Crippen molar-refractivity contribution in [3.05, 3.63) is 74.8 Å². The Balaban J connectivity index is 1.66. The van der Waals surface area contributed by atoms with Crippen molar-refractivity contribution >= 4 is 35.0 Å². The van der Waals surface area contributed by atoms with Crippen molar-refractivity contribution in [3.8, 4) is 5.69 Å². The molecule has 0 saturated carbocycles. The second-order valence-corrected chi connectivity index (χ2v) is 6.76. The molecule has 28 heavy (non-hydrogen) atoms. The summed E-state index contributed by atoms with van der Waals surface area (Å²) in [5.74, 6) is -1.21. The van der Waals surface area contributed by atoms with Crippen LogP contribution in [0.15, 0.2) is 58.0 Å². The van der Waals surface area contributed by atoms with E-state index in [2.05, 4.69) is 5.32 Å². The van der Waals surface area contributed by atoms with Crippen molar-refractivity contribution in [2.75, 3.05) is 11.9 Å². The molecular weight excluding hydrogens is 378 g/mol. The van der Waals surface area contributed by atoms with Crippen LogP contribution >= 0.6 is 11.3 Å². The van der Waals surface area contributed by atoms with Gasteiger partial charge in [0.05, 0.1) is 11.4 Å². The number of esters is 1. The van der Waals surface area contributed by atoms with Gasteiger partial charge in [-0.05, 0) is 47.5 Å². The molecular formula is C20H19N3O4S. The summed E-state index contributed by atoms with van der Waals surface area (Å²) in [4.78, 5) is 36.6. The largest absolute Gasteiger partial charge is 0.452 e. The highest BCUT2D eigenvalue weighted by molar-refractivity contribution is 7.08. The Hall–Kier alpha value is -3.39. The summed E-state index contributed by atoms with van der Waals surface area (Å²) in [5.41, 5.74) is 1.95. The molecule has 0 saturated heterocycles. The molecule has 0 bridgehead atoms. The summed E-state index contributed by atoms with van der Waals surface area (Å²) in [6.45, 7) is 1.25. The summed E-state index contributed by atoms with van der Waals surface area (Å²) < 4.78 is 8.04. The molecule has 1 amide bonds. The normalized spacial score (nSPS) is 10.9. The number of benzene rings is 1. The lowest BCUT2D eigenvalue weighted by Gasteiger charge is -2.07. The van der Waals surface area contributed by atoms with E-state index in [0.717, 1.165) is 5.56 Å². The average molecular weight is 397 g/mol. The van der Waals surface area contributed by atoms with E-state index >= 15 is 0 Å². The summed E-state index contributed by atoms with van der Waals surface area (Å²) in [6, 6.07) is 11.0. The van der Waals surface area contributed by atoms with Gasteiger partial charge in [-0.25, -0.2) is 9.48 Å². The van der Waals surface area contributed by atoms with Crippen LogP contribution in [-0.2, 0) is 21.4 Å². The Morgan fingerprint density at radius 1 is 1.21 bits per heavy atom. The maximum atomic E-state index is 12.7. The molecule has 1 N–H and O–H groups in total. The molecule has 0 aliphatic carbocycles. The Morgan fingerprint density at radius 2 is 1.96 bits per heavy atom. The fourth-order valence-corrected chi connectivity index (χ4v) is 3.24. The number of carbonyl (C=O) groups is 2. The van der Waals surface area contributed by atoms with Crippen LogP contribution in [0.5, 0.6) is 0 Å². The third-order valence-electron chi connectivity index (χ3n) is 4.12. The molecule has 144 valence electrons. The van der Waals surface area contributed by atoms with E-state index in [1.807, 2.05) is 35.0 Å². The molecule has 0 aliphatic rings. The number of rotatable bonds is 6. The number of para-hydroxylation sites is 1. The first kappa shape index (κ1) is 19.4. The highest BCUT2D eigenvalue weighted by atomic mass is 32.1. The van der Waals surface area contributed by atoms with Crippen LogP contribution in [0.25, 0.3) is 11.8 Å². The van der Waals surface area contributed by atoms with E-state index in [-0.39, 0.29) is 11.2 Å². The Morgan fingerprint density at radius 3 is 2.64 bits per heavy atom. The van der Waals surface area contributed by atoms with Crippen molar-refractivity contribution < 1.29 is 14.3 Å². The molecule has 0 atom stereocenters. The van der Waals surface area contributed by atoms with Gasteiger partial charge in [0.15, 0.2) is 6.61 Å². The number of amides is 1. The molecule has 0 unspecified atom stereocenters. The lowest BCUT2D eigenvalue weighted by molar-refractivity contribution is -0.142. The molecule has 0 fully saturated rings. The number of nitrogens with one attached hydrogen (secondary N) is 1. The second kappa shape index (κ2) is 8.53. The molecule has 2 heterocycles. The van der Waals surface area contributed by atoms with Gasteiger partial charge >= 0.3 is 5.97 Å². The van der Waals surface area contributed by atoms with E-state index < -0.39 is 18.5 Å². The Kier molecular flexibility index (Phi) is 5.90. The number of hydrogen-bond donors (Lipinski definition) is 1. The van der Waals surface area contributed by atoms with Crippen LogP contribution in [0.2, 0.25) is 0 Å². The van der Waals surface area contributed by atoms with Crippen LogP contribution in [0, 0.1) is 6.92 Å². The van der Waals surface area contributed by atoms with Gasteiger partial charge in [0, 0.05) is 13.1 Å². The van der Waals surface area contributed by atoms with Crippen molar-refractivity contribution in [1.82, 2.24) is 9.36 Å². The van der Waals surface area contributed by atoms with Gasteiger partial charge in [-0.15, -0.1) is 0 Å². The smallest absolute Gasteiger partial charge is 0.331 e. The highest BCUT2D eigenvalue weighted by Crippen LogP contribution is 2.14. The highest BCUT2D eigenvalue weighted by Gasteiger charge is 2.18. The molecule has 1 aromatic carbocycles. The predicted octanol–water partition coefficient (Wildman–Crippen LogP) is 2.74. The summed E-state index contributed by atoms with van der Waals surface area (Å²) in [5, 5.41) is 6.31. The SMILES string of the molecule is Cc1c(NC(=O)COC(=O)/C=C/c2ccsc2)c(=O)n(-c2ccccc2)n1C. The number of anilines is 1. The minimum absolute atomic E-state index is 0.154. The minimum Gasteiger partial charge on any atom is -0.452 e. The van der Waals surface area contributed by atoms with Gasteiger partial charge in [0.25, 0.3) is 11.5 Å². The Bertz CT molecular complexity index is 1060. The quantitative estimate of drug-likeness (QED) is 0.512.